The van der Waals surface area contributed by atoms with Gasteiger partial charge in [-0.25, -0.2) is 4.68 Å². The van der Waals surface area contributed by atoms with Crippen LogP contribution in [-0.2, 0) is 0 Å². The first-order valence-electron chi connectivity index (χ1n) is 9.97. The van der Waals surface area contributed by atoms with E-state index in [1.54, 1.807) is 22.9 Å². The van der Waals surface area contributed by atoms with Crippen molar-refractivity contribution in [1.29, 1.82) is 0 Å². The van der Waals surface area contributed by atoms with Crippen LogP contribution in [0, 0.1) is 29.9 Å². The maximum atomic E-state index is 12.9. The standard InChI is InChI=1S/C23H26N4O3/c1-15(2)11-12-24-23(28)22-14-21(18-6-5-16(3)17(4)13-18)25-26(22)19-7-9-20(10-8-19)27(29)30/h5-10,13-15H,11-12H2,1-4H3,(H,24,28). The van der Waals surface area contributed by atoms with E-state index in [2.05, 4.69) is 24.3 Å². The summed E-state index contributed by atoms with van der Waals surface area (Å²) >= 11 is 0. The van der Waals surface area contributed by atoms with Crippen molar-refractivity contribution in [2.45, 2.75) is 34.1 Å². The number of aromatic nitrogens is 2. The topological polar surface area (TPSA) is 90.1 Å². The fraction of sp³-hybridized carbons (Fsp3) is 0.304. The second kappa shape index (κ2) is 8.90. The molecule has 0 aliphatic heterocycles. The predicted molar refractivity (Wildman–Crippen MR) is 117 cm³/mol. The third-order valence-corrected chi connectivity index (χ3v) is 5.06. The summed E-state index contributed by atoms with van der Waals surface area (Å²) in [7, 11) is 0. The smallest absolute Gasteiger partial charge is 0.270 e. The molecule has 0 bridgehead atoms. The van der Waals surface area contributed by atoms with Crippen LogP contribution in [0.3, 0.4) is 0 Å². The SMILES string of the molecule is Cc1ccc(-c2cc(C(=O)NCCC(C)C)n(-c3ccc([N+](=O)[O-])cc3)n2)cc1C. The molecule has 1 N–H and O–H groups in total. The average molecular weight is 406 g/mol. The Morgan fingerprint density at radius 2 is 1.80 bits per heavy atom. The van der Waals surface area contributed by atoms with Crippen molar-refractivity contribution in [3.05, 3.63) is 75.5 Å². The van der Waals surface area contributed by atoms with E-state index in [1.807, 2.05) is 32.0 Å². The number of nitrogens with zero attached hydrogens (tertiary/aromatic N) is 3. The summed E-state index contributed by atoms with van der Waals surface area (Å²) in [6.45, 7) is 8.85. The Bertz CT molecular complexity index is 1070. The van der Waals surface area contributed by atoms with E-state index in [1.165, 1.54) is 17.7 Å². The van der Waals surface area contributed by atoms with Crippen LogP contribution in [0.15, 0.2) is 48.5 Å². The highest BCUT2D eigenvalue weighted by Crippen LogP contribution is 2.25. The van der Waals surface area contributed by atoms with Gasteiger partial charge in [-0.05, 0) is 61.6 Å². The maximum absolute atomic E-state index is 12.9. The lowest BCUT2D eigenvalue weighted by Crippen LogP contribution is -2.27. The monoisotopic (exact) mass is 406 g/mol. The van der Waals surface area contributed by atoms with Gasteiger partial charge in [0.05, 0.1) is 16.3 Å². The van der Waals surface area contributed by atoms with E-state index < -0.39 is 4.92 Å². The van der Waals surface area contributed by atoms with Crippen LogP contribution in [-0.4, -0.2) is 27.2 Å². The summed E-state index contributed by atoms with van der Waals surface area (Å²) < 4.78 is 1.54. The van der Waals surface area contributed by atoms with Gasteiger partial charge in [0.1, 0.15) is 5.69 Å². The molecule has 7 heteroatoms. The van der Waals surface area contributed by atoms with Crippen LogP contribution in [0.1, 0.15) is 41.9 Å². The number of nitro groups is 1. The molecule has 3 rings (SSSR count). The van der Waals surface area contributed by atoms with Gasteiger partial charge in [-0.1, -0.05) is 26.0 Å². The predicted octanol–water partition coefficient (Wildman–Crippen LogP) is 4.84. The minimum Gasteiger partial charge on any atom is -0.351 e. The number of nitrogens with one attached hydrogen (secondary N) is 1. The number of aryl methyl sites for hydroxylation is 2. The molecule has 0 unspecified atom stereocenters. The van der Waals surface area contributed by atoms with E-state index in [0.717, 1.165) is 17.5 Å². The van der Waals surface area contributed by atoms with Gasteiger partial charge in [0.25, 0.3) is 11.6 Å². The Morgan fingerprint density at radius 3 is 2.40 bits per heavy atom. The molecule has 0 aliphatic rings. The normalized spacial score (nSPS) is 11.0. The molecule has 3 aromatic rings. The van der Waals surface area contributed by atoms with Gasteiger partial charge < -0.3 is 5.32 Å². The number of nitro benzene ring substituents is 1. The molecule has 0 saturated heterocycles. The zero-order chi connectivity index (χ0) is 21.8. The molecule has 0 spiro atoms. The third-order valence-electron chi connectivity index (χ3n) is 5.06. The number of hydrogen-bond donors (Lipinski definition) is 1. The van der Waals surface area contributed by atoms with Gasteiger partial charge in [-0.15, -0.1) is 0 Å². The van der Waals surface area contributed by atoms with E-state index >= 15 is 0 Å². The molecule has 1 heterocycles. The number of amides is 1. The van der Waals surface area contributed by atoms with E-state index in [0.29, 0.717) is 29.5 Å². The van der Waals surface area contributed by atoms with Gasteiger partial charge in [0.2, 0.25) is 0 Å². The van der Waals surface area contributed by atoms with Crippen LogP contribution in [0.4, 0.5) is 5.69 Å². The summed E-state index contributed by atoms with van der Waals surface area (Å²) in [6, 6.07) is 13.8. The van der Waals surface area contributed by atoms with Crippen molar-refractivity contribution in [2.75, 3.05) is 6.54 Å². The van der Waals surface area contributed by atoms with E-state index in [-0.39, 0.29) is 11.6 Å². The van der Waals surface area contributed by atoms with Crippen molar-refractivity contribution in [1.82, 2.24) is 15.1 Å². The molecule has 0 radical (unpaired) electrons. The van der Waals surface area contributed by atoms with Gasteiger partial charge >= 0.3 is 0 Å². The highest BCUT2D eigenvalue weighted by molar-refractivity contribution is 5.94. The molecular formula is C23H26N4O3. The van der Waals surface area contributed by atoms with Crippen molar-refractivity contribution in [3.8, 4) is 16.9 Å². The number of carbonyl (C=O) groups excluding carboxylic acids is 1. The lowest BCUT2D eigenvalue weighted by Gasteiger charge is -2.09. The first-order chi connectivity index (χ1) is 14.3. The number of non-ortho nitro benzene ring substituents is 1. The fourth-order valence-electron chi connectivity index (χ4n) is 3.06. The average Bonchev–Trinajstić information content (AvgIpc) is 3.15. The van der Waals surface area contributed by atoms with Crippen LogP contribution < -0.4 is 5.32 Å². The second-order valence-electron chi connectivity index (χ2n) is 7.84. The summed E-state index contributed by atoms with van der Waals surface area (Å²) in [5, 5.41) is 18.6. The van der Waals surface area contributed by atoms with Crippen LogP contribution >= 0.6 is 0 Å². The highest BCUT2D eigenvalue weighted by atomic mass is 16.6. The minimum atomic E-state index is -0.451. The largest absolute Gasteiger partial charge is 0.351 e. The molecule has 1 amide bonds. The summed E-state index contributed by atoms with van der Waals surface area (Å²) in [6.07, 6.45) is 0.876. The molecule has 0 atom stereocenters. The Kier molecular flexibility index (Phi) is 6.30. The molecule has 1 aromatic heterocycles. The van der Waals surface area contributed by atoms with E-state index in [9.17, 15) is 14.9 Å². The second-order valence-corrected chi connectivity index (χ2v) is 7.84. The summed E-state index contributed by atoms with van der Waals surface area (Å²) in [5.41, 5.74) is 4.87. The van der Waals surface area contributed by atoms with E-state index in [4.69, 9.17) is 0 Å². The van der Waals surface area contributed by atoms with Crippen molar-refractivity contribution < 1.29 is 9.72 Å². The molecule has 156 valence electrons. The Hall–Kier alpha value is -3.48. The first-order valence-corrected chi connectivity index (χ1v) is 9.97. The van der Waals surface area contributed by atoms with Gasteiger partial charge in [0, 0.05) is 24.2 Å². The molecule has 0 aliphatic carbocycles. The zero-order valence-corrected chi connectivity index (χ0v) is 17.7. The first kappa shape index (κ1) is 21.2. The molecule has 0 saturated carbocycles. The molecule has 2 aromatic carbocycles. The number of carbonyl (C=O) groups is 1. The number of hydrogen-bond acceptors (Lipinski definition) is 4. The van der Waals surface area contributed by atoms with Crippen LogP contribution in [0.25, 0.3) is 16.9 Å². The highest BCUT2D eigenvalue weighted by Gasteiger charge is 2.18. The Labute approximate surface area is 175 Å². The van der Waals surface area contributed by atoms with Gasteiger partial charge in [-0.2, -0.15) is 5.10 Å². The fourth-order valence-corrected chi connectivity index (χ4v) is 3.06. The molecule has 30 heavy (non-hydrogen) atoms. The van der Waals surface area contributed by atoms with Crippen LogP contribution in [0.2, 0.25) is 0 Å². The van der Waals surface area contributed by atoms with Gasteiger partial charge in [-0.3, -0.25) is 14.9 Å². The quantitative estimate of drug-likeness (QED) is 0.449. The molecule has 0 fully saturated rings. The summed E-state index contributed by atoms with van der Waals surface area (Å²) in [5.74, 6) is 0.257. The van der Waals surface area contributed by atoms with Gasteiger partial charge in [0.15, 0.2) is 0 Å². The Balaban J connectivity index is 2.01. The van der Waals surface area contributed by atoms with Crippen molar-refractivity contribution in [3.63, 3.8) is 0 Å². The molecule has 7 nitrogen and oxygen atoms in total. The number of benzene rings is 2. The lowest BCUT2D eigenvalue weighted by molar-refractivity contribution is -0.384. The van der Waals surface area contributed by atoms with Crippen molar-refractivity contribution >= 4 is 11.6 Å². The zero-order valence-electron chi connectivity index (χ0n) is 17.7. The minimum absolute atomic E-state index is 0.0109. The third kappa shape index (κ3) is 4.74. The maximum Gasteiger partial charge on any atom is 0.270 e. The number of rotatable bonds is 7. The summed E-state index contributed by atoms with van der Waals surface area (Å²) in [4.78, 5) is 23.4. The van der Waals surface area contributed by atoms with Crippen molar-refractivity contribution in [2.24, 2.45) is 5.92 Å². The Morgan fingerprint density at radius 1 is 1.10 bits per heavy atom. The molecular weight excluding hydrogens is 380 g/mol. The lowest BCUT2D eigenvalue weighted by atomic mass is 10.0. The van der Waals surface area contributed by atoms with Crippen LogP contribution in [0.5, 0.6) is 0 Å².